The van der Waals surface area contributed by atoms with Crippen LogP contribution in [0, 0.1) is 23.0 Å². The normalized spacial score (nSPS) is 13.1. The number of aliphatic hydroxyl groups excluding tert-OH is 1. The Morgan fingerprint density at radius 1 is 0.696 bits per heavy atom. The summed E-state index contributed by atoms with van der Waals surface area (Å²) in [4.78, 5) is 153. The highest BCUT2D eigenvalue weighted by atomic mass is 19.1. The smallest absolute Gasteiger partial charge is 0.304 e. The molecule has 0 bridgehead atoms. The van der Waals surface area contributed by atoms with Gasteiger partial charge < -0.3 is 61.7 Å². The van der Waals surface area contributed by atoms with Gasteiger partial charge in [-0.05, 0) is 61.4 Å². The van der Waals surface area contributed by atoms with E-state index < -0.39 is 176 Å². The fourth-order valence-electron chi connectivity index (χ4n) is 8.67. The maximum Gasteiger partial charge on any atom is 0.304 e. The average Bonchev–Trinajstić information content (AvgIpc) is 3.78. The Morgan fingerprint density at radius 2 is 1.34 bits per heavy atom. The van der Waals surface area contributed by atoms with Gasteiger partial charge in [-0.2, -0.15) is 0 Å². The van der Waals surface area contributed by atoms with Crippen LogP contribution in [0.2, 0.25) is 0 Å². The number of benzene rings is 2. The second-order valence-electron chi connectivity index (χ2n) is 20.0. The molecule has 0 radical (unpaired) electrons. The van der Waals surface area contributed by atoms with Gasteiger partial charge in [0.25, 0.3) is 0 Å². The molecule has 79 heavy (non-hydrogen) atoms. The summed E-state index contributed by atoms with van der Waals surface area (Å²) in [5.41, 5.74) is 5.76. The molecule has 3 aromatic rings. The molecule has 2 aromatic carbocycles. The van der Waals surface area contributed by atoms with Gasteiger partial charge >= 0.3 is 17.9 Å². The molecule has 0 saturated carbocycles. The lowest BCUT2D eigenvalue weighted by Crippen LogP contribution is -2.56. The van der Waals surface area contributed by atoms with Crippen molar-refractivity contribution >= 4 is 70.7 Å². The molecular weight excluding hydrogens is 1040 g/mol. The van der Waals surface area contributed by atoms with Crippen LogP contribution in [0.15, 0.2) is 60.8 Å². The molecule has 0 aliphatic rings. The molecule has 6 amide bonds. The predicted octanol–water partition coefficient (Wildman–Crippen LogP) is 2.72. The Morgan fingerprint density at radius 3 is 1.94 bits per heavy atom. The minimum Gasteiger partial charge on any atom is -0.481 e. The molecule has 0 saturated heterocycles. The Kier molecular flexibility index (Phi) is 25.7. The predicted molar refractivity (Wildman–Crippen MR) is 277 cm³/mol. The Balaban J connectivity index is 2.05. The number of ketones is 3. The monoisotopic (exact) mass is 1110 g/mol. The number of primary amides is 1. The minimum atomic E-state index is -1.86. The van der Waals surface area contributed by atoms with E-state index in [2.05, 4.69) is 21.3 Å². The van der Waals surface area contributed by atoms with E-state index in [0.29, 0.717) is 5.69 Å². The van der Waals surface area contributed by atoms with Gasteiger partial charge in [0.1, 0.15) is 41.9 Å². The van der Waals surface area contributed by atoms with Gasteiger partial charge in [-0.15, -0.1) is 0 Å². The van der Waals surface area contributed by atoms with Crippen LogP contribution in [0.4, 0.5) is 8.78 Å². The second-order valence-corrected chi connectivity index (χ2v) is 20.0. The Hall–Kier alpha value is -8.22. The first-order valence-electron chi connectivity index (χ1n) is 25.3. The first-order valence-corrected chi connectivity index (χ1v) is 25.3. The number of carbonyl (C=O) groups excluding carboxylic acids is 9. The number of rotatable bonds is 35. The molecule has 0 spiro atoms. The van der Waals surface area contributed by atoms with E-state index in [1.807, 2.05) is 12.1 Å². The Bertz CT molecular complexity index is 2690. The molecule has 23 nitrogen and oxygen atoms in total. The Labute approximate surface area is 454 Å². The van der Waals surface area contributed by atoms with Crippen LogP contribution in [0.25, 0.3) is 11.1 Å². The number of carboxylic acids is 3. The summed E-state index contributed by atoms with van der Waals surface area (Å²) >= 11 is 0. The third kappa shape index (κ3) is 22.3. The molecule has 1 heterocycles. The van der Waals surface area contributed by atoms with Gasteiger partial charge in [-0.3, -0.25) is 52.7 Å². The van der Waals surface area contributed by atoms with Gasteiger partial charge in [0.05, 0.1) is 37.3 Å². The van der Waals surface area contributed by atoms with Gasteiger partial charge in [0.15, 0.2) is 5.78 Å². The number of carboxylic acid groups (broad SMARTS) is 3. The van der Waals surface area contributed by atoms with Gasteiger partial charge in [0, 0.05) is 81.2 Å². The zero-order chi connectivity index (χ0) is 59.1. The van der Waals surface area contributed by atoms with E-state index in [1.165, 1.54) is 4.90 Å². The number of aliphatic carboxylic acids is 3. The van der Waals surface area contributed by atoms with Crippen LogP contribution in [-0.4, -0.2) is 138 Å². The maximum atomic E-state index is 15.4. The molecule has 430 valence electrons. The summed E-state index contributed by atoms with van der Waals surface area (Å²) in [6, 6.07) is 7.56. The first-order chi connectivity index (χ1) is 37.1. The highest BCUT2D eigenvalue weighted by Crippen LogP contribution is 2.41. The SMILES string of the molecule is CC(=O)C[C@H](CC(=O)O)C(=O)N[C@@H](CC(N)=O)C(=O)N[C@@H](CCN(C(=O)CO)[C@@H](c1cc(-c2cc(F)ccc2F)cn1Cc1ccccc1)C(C)(C)C)C(=O)NCCCC(=O)[C@@H](CCC(=O)O)NC(=O)CCC(=O)CCC(=O)O. The topological polar surface area (TPSA) is 368 Å². The minimum absolute atomic E-state index is 0.102. The highest BCUT2D eigenvalue weighted by molar-refractivity contribution is 5.97. The summed E-state index contributed by atoms with van der Waals surface area (Å²) in [5, 5.41) is 47.7. The van der Waals surface area contributed by atoms with Crippen LogP contribution in [-0.2, 0) is 64.1 Å². The third-order valence-electron chi connectivity index (χ3n) is 12.4. The molecule has 0 aliphatic heterocycles. The summed E-state index contributed by atoms with van der Waals surface area (Å²) < 4.78 is 31.7. The molecule has 1 aromatic heterocycles. The summed E-state index contributed by atoms with van der Waals surface area (Å²) in [6.07, 6.45) is -4.13. The van der Waals surface area contributed by atoms with Crippen molar-refractivity contribution < 1.29 is 86.7 Å². The number of nitrogens with zero attached hydrogens (tertiary/aromatic N) is 2. The van der Waals surface area contributed by atoms with Crippen LogP contribution in [0.1, 0.15) is 122 Å². The fraction of sp³-hybridized carbons (Fsp3) is 0.481. The number of aromatic nitrogens is 1. The second kappa shape index (κ2) is 31.2. The number of Topliss-reactive ketones (excluding diaryl/α,β-unsaturated/α-hetero) is 3. The highest BCUT2D eigenvalue weighted by Gasteiger charge is 2.39. The van der Waals surface area contributed by atoms with Crippen LogP contribution >= 0.6 is 0 Å². The number of nitrogens with one attached hydrogen (secondary N) is 4. The number of amides is 6. The van der Waals surface area contributed by atoms with Crippen LogP contribution < -0.4 is 27.0 Å². The first kappa shape index (κ1) is 65.1. The largest absolute Gasteiger partial charge is 0.481 e. The van der Waals surface area contributed by atoms with Crippen LogP contribution in [0.3, 0.4) is 0 Å². The number of carbonyl (C=O) groups is 12. The van der Waals surface area contributed by atoms with Gasteiger partial charge in [-0.25, -0.2) is 8.78 Å². The maximum absolute atomic E-state index is 15.4. The molecule has 25 heteroatoms. The lowest BCUT2D eigenvalue weighted by Gasteiger charge is -2.41. The lowest BCUT2D eigenvalue weighted by molar-refractivity contribution is -0.142. The zero-order valence-electron chi connectivity index (χ0n) is 44.4. The summed E-state index contributed by atoms with van der Waals surface area (Å²) in [6.45, 7) is 4.71. The van der Waals surface area contributed by atoms with E-state index in [1.54, 1.807) is 55.8 Å². The number of nitrogens with two attached hydrogens (primary N) is 1. The molecule has 0 fully saturated rings. The number of aliphatic hydroxyl groups is 1. The lowest BCUT2D eigenvalue weighted by atomic mass is 9.82. The standard InChI is InChI=1S/C54H69F2N7O16/c1-31(65)23-33(25-49(75)76)51(77)61-41(27-44(57)68)53(79)60-40(52(78)58-21-8-11-43(67)39(16-19-48(73)74)59-45(69)17-13-36(66)14-18-47(71)72)20-22-63(46(70)30-64)50(54(2,3)4)42-24-34(37-26-35(55)12-15-38(37)56)29-62(42)28-32-9-6-5-7-10-32/h5-7,9-10,12,15,24,26,29,33,39-41,50,64H,8,11,13-14,16-23,25,27-28,30H2,1-4H3,(H2,57,68)(H,58,78)(H,59,69)(H,60,79)(H,61,77)(H,71,72)(H,73,74)(H,75,76)/t33-,39-,40+,41+,50+/m1/s1. The molecule has 5 atom stereocenters. The van der Waals surface area contributed by atoms with Crippen molar-refractivity contribution in [3.05, 3.63) is 83.7 Å². The number of halogens is 2. The number of hydrogen-bond donors (Lipinski definition) is 9. The van der Waals surface area contributed by atoms with Crippen molar-refractivity contribution in [3.8, 4) is 11.1 Å². The van der Waals surface area contributed by atoms with E-state index in [-0.39, 0.29) is 56.3 Å². The van der Waals surface area contributed by atoms with Crippen molar-refractivity contribution in [1.82, 2.24) is 30.7 Å². The van der Waals surface area contributed by atoms with Crippen molar-refractivity contribution in [2.24, 2.45) is 17.1 Å². The van der Waals surface area contributed by atoms with E-state index in [0.717, 1.165) is 30.7 Å². The van der Waals surface area contributed by atoms with Crippen molar-refractivity contribution in [1.29, 1.82) is 0 Å². The summed E-state index contributed by atoms with van der Waals surface area (Å²) in [7, 11) is 0. The molecule has 10 N–H and O–H groups in total. The van der Waals surface area contributed by atoms with E-state index >= 15 is 4.39 Å². The fourth-order valence-corrected chi connectivity index (χ4v) is 8.67. The van der Waals surface area contributed by atoms with Crippen LogP contribution in [0.5, 0.6) is 0 Å². The molecule has 0 unspecified atom stereocenters. The molecular formula is C54H69F2N7O16. The van der Waals surface area contributed by atoms with Crippen molar-refractivity contribution in [3.63, 3.8) is 0 Å². The summed E-state index contributed by atoms with van der Waals surface area (Å²) in [5.74, 6) is -14.8. The quantitative estimate of drug-likeness (QED) is 0.0382. The van der Waals surface area contributed by atoms with E-state index in [9.17, 15) is 77.2 Å². The van der Waals surface area contributed by atoms with E-state index in [4.69, 9.17) is 10.8 Å². The number of hydrogen-bond acceptors (Lipinski definition) is 13. The van der Waals surface area contributed by atoms with Crippen molar-refractivity contribution in [2.45, 2.75) is 135 Å². The zero-order valence-corrected chi connectivity index (χ0v) is 44.4. The third-order valence-corrected chi connectivity index (χ3v) is 12.4. The molecule has 0 aliphatic carbocycles. The molecule has 3 rings (SSSR count). The van der Waals surface area contributed by atoms with Gasteiger partial charge in [0.2, 0.25) is 35.4 Å². The average molecular weight is 1110 g/mol. The van der Waals surface area contributed by atoms with Crippen molar-refractivity contribution in [2.75, 3.05) is 19.7 Å². The van der Waals surface area contributed by atoms with Gasteiger partial charge in [-0.1, -0.05) is 51.1 Å².